The molecule has 3 heterocycles. The SMILES string of the molecule is FC(F)(F)c1cc(-c2ccc3cc(-c4ccc(-c5ccc6sc7ncccc7c6c5)nc4)ccc3c2)cc(C(F)(F)F)c1. The molecule has 0 fully saturated rings. The number of nitrogens with zero attached hydrogens (tertiary/aromatic N) is 2. The first-order valence-electron chi connectivity index (χ1n) is 13.1. The number of benzene rings is 4. The van der Waals surface area contributed by atoms with Gasteiger partial charge in [0.1, 0.15) is 4.83 Å². The summed E-state index contributed by atoms with van der Waals surface area (Å²) in [5.41, 5.74) is 0.966. The smallest absolute Gasteiger partial charge is 0.256 e. The zero-order valence-corrected chi connectivity index (χ0v) is 22.8. The number of rotatable bonds is 3. The number of fused-ring (bicyclic) bond motifs is 4. The molecule has 9 heteroatoms. The molecule has 0 atom stereocenters. The van der Waals surface area contributed by atoms with Crippen molar-refractivity contribution in [3.8, 4) is 33.5 Å². The predicted octanol–water partition coefficient (Wildman–Crippen LogP) is 11.0. The van der Waals surface area contributed by atoms with Gasteiger partial charge in [0.15, 0.2) is 0 Å². The van der Waals surface area contributed by atoms with Crippen LogP contribution in [0.5, 0.6) is 0 Å². The minimum atomic E-state index is -4.91. The molecule has 0 saturated heterocycles. The van der Waals surface area contributed by atoms with Gasteiger partial charge in [-0.1, -0.05) is 36.4 Å². The van der Waals surface area contributed by atoms with Crippen LogP contribution in [0.2, 0.25) is 0 Å². The number of pyridine rings is 2. The van der Waals surface area contributed by atoms with Gasteiger partial charge in [0, 0.05) is 39.0 Å². The first-order valence-corrected chi connectivity index (χ1v) is 13.9. The van der Waals surface area contributed by atoms with Crippen LogP contribution in [0.4, 0.5) is 26.3 Å². The van der Waals surface area contributed by atoms with Crippen molar-refractivity contribution in [3.63, 3.8) is 0 Å². The molecule has 0 radical (unpaired) electrons. The van der Waals surface area contributed by atoms with Crippen LogP contribution in [-0.2, 0) is 12.4 Å². The molecule has 0 saturated carbocycles. The van der Waals surface area contributed by atoms with E-state index in [2.05, 4.69) is 23.2 Å². The minimum absolute atomic E-state index is 0.135. The van der Waals surface area contributed by atoms with Gasteiger partial charge in [0.05, 0.1) is 16.8 Å². The van der Waals surface area contributed by atoms with Gasteiger partial charge < -0.3 is 0 Å². The third-order valence-electron chi connectivity index (χ3n) is 7.40. The van der Waals surface area contributed by atoms with Gasteiger partial charge in [-0.25, -0.2) is 4.98 Å². The fourth-order valence-electron chi connectivity index (χ4n) is 5.23. The second-order valence-corrected chi connectivity index (χ2v) is 11.2. The zero-order valence-electron chi connectivity index (χ0n) is 22.0. The summed E-state index contributed by atoms with van der Waals surface area (Å²) in [7, 11) is 0. The number of hydrogen-bond donors (Lipinski definition) is 0. The van der Waals surface area contributed by atoms with Crippen LogP contribution in [0.15, 0.2) is 109 Å². The van der Waals surface area contributed by atoms with E-state index >= 15 is 0 Å². The van der Waals surface area contributed by atoms with Crippen LogP contribution < -0.4 is 0 Å². The predicted molar refractivity (Wildman–Crippen MR) is 159 cm³/mol. The molecule has 7 rings (SSSR count). The summed E-state index contributed by atoms with van der Waals surface area (Å²) in [6, 6.07) is 26.1. The standard InChI is InChI=1S/C34H18F6N2S/c35-33(36,37)26-14-25(15-27(17-26)34(38,39)40)22-6-4-19-12-21(5-3-20(19)13-22)24-7-9-30(42-18-24)23-8-10-31-29(16-23)28-2-1-11-41-32(28)43-31/h1-18H. The Morgan fingerprint density at radius 3 is 1.77 bits per heavy atom. The summed E-state index contributed by atoms with van der Waals surface area (Å²) in [6.45, 7) is 0. The maximum Gasteiger partial charge on any atom is 0.416 e. The summed E-state index contributed by atoms with van der Waals surface area (Å²) in [5, 5.41) is 3.71. The Balaban J connectivity index is 1.20. The molecule has 0 bridgehead atoms. The average Bonchev–Trinajstić information content (AvgIpc) is 3.37. The van der Waals surface area contributed by atoms with Gasteiger partial charge in [-0.05, 0) is 88.1 Å². The van der Waals surface area contributed by atoms with E-state index in [0.717, 1.165) is 60.2 Å². The van der Waals surface area contributed by atoms with Crippen LogP contribution in [-0.4, -0.2) is 9.97 Å². The van der Waals surface area contributed by atoms with Gasteiger partial charge in [0.25, 0.3) is 0 Å². The summed E-state index contributed by atoms with van der Waals surface area (Å²) >= 11 is 1.65. The topological polar surface area (TPSA) is 25.8 Å². The highest BCUT2D eigenvalue weighted by Gasteiger charge is 2.37. The van der Waals surface area contributed by atoms with Crippen molar-refractivity contribution in [2.75, 3.05) is 0 Å². The quantitative estimate of drug-likeness (QED) is 0.189. The van der Waals surface area contributed by atoms with E-state index in [0.29, 0.717) is 5.39 Å². The van der Waals surface area contributed by atoms with Crippen molar-refractivity contribution >= 4 is 42.4 Å². The van der Waals surface area contributed by atoms with E-state index in [1.165, 1.54) is 6.07 Å². The molecule has 43 heavy (non-hydrogen) atoms. The molecule has 0 aliphatic carbocycles. The van der Waals surface area contributed by atoms with Crippen LogP contribution in [0.1, 0.15) is 11.1 Å². The van der Waals surface area contributed by atoms with Gasteiger partial charge in [-0.15, -0.1) is 11.3 Å². The van der Waals surface area contributed by atoms with Crippen molar-refractivity contribution < 1.29 is 26.3 Å². The lowest BCUT2D eigenvalue weighted by Gasteiger charge is -2.15. The van der Waals surface area contributed by atoms with Crippen LogP contribution in [0.25, 0.3) is 64.6 Å². The lowest BCUT2D eigenvalue weighted by atomic mass is 9.95. The molecular weight excluding hydrogens is 582 g/mol. The number of halogens is 6. The third-order valence-corrected chi connectivity index (χ3v) is 8.50. The summed E-state index contributed by atoms with van der Waals surface area (Å²) in [5.74, 6) is 0. The molecular formula is C34H18F6N2S. The second kappa shape index (κ2) is 9.91. The number of alkyl halides is 6. The van der Waals surface area contributed by atoms with Crippen LogP contribution in [0, 0.1) is 0 Å². The van der Waals surface area contributed by atoms with Crippen LogP contribution >= 0.6 is 11.3 Å². The molecule has 0 N–H and O–H groups in total. The van der Waals surface area contributed by atoms with Gasteiger partial charge >= 0.3 is 12.4 Å². The minimum Gasteiger partial charge on any atom is -0.256 e. The Morgan fingerprint density at radius 2 is 1.14 bits per heavy atom. The molecule has 0 spiro atoms. The fourth-order valence-corrected chi connectivity index (χ4v) is 6.26. The molecule has 4 aromatic carbocycles. The highest BCUT2D eigenvalue weighted by Crippen LogP contribution is 2.40. The van der Waals surface area contributed by atoms with Crippen molar-refractivity contribution in [2.24, 2.45) is 0 Å². The number of hydrogen-bond acceptors (Lipinski definition) is 3. The Labute approximate surface area is 244 Å². The van der Waals surface area contributed by atoms with E-state index in [-0.39, 0.29) is 17.2 Å². The Morgan fingerprint density at radius 1 is 0.512 bits per heavy atom. The summed E-state index contributed by atoms with van der Waals surface area (Å²) < 4.78 is 81.3. The van der Waals surface area contributed by atoms with E-state index in [9.17, 15) is 26.3 Å². The highest BCUT2D eigenvalue weighted by atomic mass is 32.1. The molecule has 0 amide bonds. The Hall–Kier alpha value is -4.76. The maximum atomic E-state index is 13.4. The molecule has 212 valence electrons. The molecule has 7 aromatic rings. The van der Waals surface area contributed by atoms with Crippen molar-refractivity contribution in [1.82, 2.24) is 9.97 Å². The maximum absolute atomic E-state index is 13.4. The Bertz CT molecular complexity index is 2130. The monoisotopic (exact) mass is 600 g/mol. The van der Waals surface area contributed by atoms with E-state index < -0.39 is 23.5 Å². The van der Waals surface area contributed by atoms with Gasteiger partial charge in [-0.3, -0.25) is 4.98 Å². The molecule has 3 aromatic heterocycles. The lowest BCUT2D eigenvalue weighted by molar-refractivity contribution is -0.143. The van der Waals surface area contributed by atoms with Crippen molar-refractivity contribution in [2.45, 2.75) is 12.4 Å². The number of aromatic nitrogens is 2. The highest BCUT2D eigenvalue weighted by molar-refractivity contribution is 7.25. The molecule has 0 aliphatic rings. The van der Waals surface area contributed by atoms with E-state index in [4.69, 9.17) is 4.98 Å². The molecule has 0 aliphatic heterocycles. The van der Waals surface area contributed by atoms with E-state index in [1.54, 1.807) is 41.9 Å². The summed E-state index contributed by atoms with van der Waals surface area (Å²) in [6.07, 6.45) is -6.25. The van der Waals surface area contributed by atoms with Crippen LogP contribution in [0.3, 0.4) is 0 Å². The average molecular weight is 601 g/mol. The lowest BCUT2D eigenvalue weighted by Crippen LogP contribution is -2.11. The normalized spacial score (nSPS) is 12.4. The second-order valence-electron chi connectivity index (χ2n) is 10.2. The fraction of sp³-hybridized carbons (Fsp3) is 0.0588. The largest absolute Gasteiger partial charge is 0.416 e. The summed E-state index contributed by atoms with van der Waals surface area (Å²) in [4.78, 5) is 10.1. The van der Waals surface area contributed by atoms with Crippen molar-refractivity contribution in [3.05, 3.63) is 121 Å². The zero-order chi connectivity index (χ0) is 29.9. The first-order chi connectivity index (χ1) is 20.5. The number of thiophene rings is 1. The van der Waals surface area contributed by atoms with Crippen molar-refractivity contribution in [1.29, 1.82) is 0 Å². The third kappa shape index (κ3) is 5.10. The Kier molecular flexibility index (Phi) is 6.25. The molecule has 2 nitrogen and oxygen atoms in total. The first kappa shape index (κ1) is 27.1. The van der Waals surface area contributed by atoms with Gasteiger partial charge in [-0.2, -0.15) is 26.3 Å². The molecule has 0 unspecified atom stereocenters. The van der Waals surface area contributed by atoms with E-state index in [1.807, 2.05) is 36.4 Å². The van der Waals surface area contributed by atoms with Gasteiger partial charge in [0.2, 0.25) is 0 Å².